The highest BCUT2D eigenvalue weighted by atomic mass is 16.4. The van der Waals surface area contributed by atoms with Gasteiger partial charge in [-0.25, -0.2) is 4.79 Å². The topological polar surface area (TPSA) is 71.3 Å². The Labute approximate surface area is 142 Å². The summed E-state index contributed by atoms with van der Waals surface area (Å²) in [4.78, 5) is 23.2. The normalized spacial score (nSPS) is 10.9. The molecular formula is C19H24N2O3. The number of carboxylic acids is 1. The number of carbonyl (C=O) groups excluding carboxylic acids is 1. The van der Waals surface area contributed by atoms with E-state index in [4.69, 9.17) is 5.11 Å². The molecule has 0 atom stereocenters. The fourth-order valence-electron chi connectivity index (χ4n) is 3.03. The van der Waals surface area contributed by atoms with Crippen molar-refractivity contribution in [3.63, 3.8) is 0 Å². The highest BCUT2D eigenvalue weighted by Gasteiger charge is 2.16. The second-order valence-electron chi connectivity index (χ2n) is 6.26. The number of benzene rings is 1. The Morgan fingerprint density at radius 1 is 1.17 bits per heavy atom. The molecule has 2 rings (SSSR count). The first-order valence-electron chi connectivity index (χ1n) is 8.10. The zero-order chi connectivity index (χ0) is 17.9. The molecule has 0 aliphatic heterocycles. The van der Waals surface area contributed by atoms with Crippen molar-refractivity contribution in [3.8, 4) is 0 Å². The lowest BCUT2D eigenvalue weighted by Crippen LogP contribution is -2.26. The van der Waals surface area contributed by atoms with Crippen molar-refractivity contribution in [2.45, 2.75) is 40.2 Å². The van der Waals surface area contributed by atoms with Crippen LogP contribution in [0.25, 0.3) is 0 Å². The lowest BCUT2D eigenvalue weighted by molar-refractivity contribution is 0.0696. The number of nitrogens with zero attached hydrogens (tertiary/aromatic N) is 1. The number of amides is 1. The lowest BCUT2D eigenvalue weighted by Gasteiger charge is -2.13. The van der Waals surface area contributed by atoms with Crippen molar-refractivity contribution < 1.29 is 14.7 Å². The van der Waals surface area contributed by atoms with Crippen molar-refractivity contribution in [1.82, 2.24) is 9.88 Å². The molecule has 0 unspecified atom stereocenters. The number of aromatic carboxylic acids is 1. The smallest absolute Gasteiger partial charge is 0.335 e. The van der Waals surface area contributed by atoms with E-state index in [2.05, 4.69) is 23.7 Å². The summed E-state index contributed by atoms with van der Waals surface area (Å²) < 4.78 is 2.15. The van der Waals surface area contributed by atoms with Crippen LogP contribution in [0.4, 0.5) is 0 Å². The fraction of sp³-hybridized carbons (Fsp3) is 0.368. The summed E-state index contributed by atoms with van der Waals surface area (Å²) in [6.07, 6.45) is 0.661. The van der Waals surface area contributed by atoms with Crippen molar-refractivity contribution in [3.05, 3.63) is 58.4 Å². The van der Waals surface area contributed by atoms with Crippen LogP contribution in [0.15, 0.2) is 30.3 Å². The van der Waals surface area contributed by atoms with Gasteiger partial charge in [0, 0.05) is 24.0 Å². The number of carboxylic acid groups (broad SMARTS) is 1. The van der Waals surface area contributed by atoms with Crippen molar-refractivity contribution in [1.29, 1.82) is 0 Å². The largest absolute Gasteiger partial charge is 0.478 e. The van der Waals surface area contributed by atoms with Gasteiger partial charge in [-0.1, -0.05) is 12.1 Å². The van der Waals surface area contributed by atoms with Crippen LogP contribution >= 0.6 is 0 Å². The number of hydrogen-bond donors (Lipinski definition) is 2. The van der Waals surface area contributed by atoms with Gasteiger partial charge < -0.3 is 15.0 Å². The summed E-state index contributed by atoms with van der Waals surface area (Å²) in [6.45, 7) is 8.68. The minimum Gasteiger partial charge on any atom is -0.478 e. The Morgan fingerprint density at radius 3 is 2.29 bits per heavy atom. The van der Waals surface area contributed by atoms with Gasteiger partial charge in [0.05, 0.1) is 11.1 Å². The maximum atomic E-state index is 12.4. The van der Waals surface area contributed by atoms with Gasteiger partial charge in [0.15, 0.2) is 0 Å². The van der Waals surface area contributed by atoms with E-state index in [1.54, 1.807) is 24.3 Å². The number of aryl methyl sites for hydroxylation is 1. The highest BCUT2D eigenvalue weighted by molar-refractivity contribution is 5.95. The minimum absolute atomic E-state index is 0.0721. The first kappa shape index (κ1) is 17.8. The fourth-order valence-corrected chi connectivity index (χ4v) is 3.03. The van der Waals surface area contributed by atoms with E-state index in [-0.39, 0.29) is 11.5 Å². The summed E-state index contributed by atoms with van der Waals surface area (Å²) in [5, 5.41) is 11.8. The van der Waals surface area contributed by atoms with Crippen LogP contribution in [0.1, 0.15) is 57.6 Å². The summed E-state index contributed by atoms with van der Waals surface area (Å²) in [6, 6.07) is 8.96. The molecule has 1 heterocycles. The third kappa shape index (κ3) is 3.85. The average molecular weight is 328 g/mol. The van der Waals surface area contributed by atoms with Gasteiger partial charge in [0.25, 0.3) is 5.91 Å². The Balaban J connectivity index is 1.96. The summed E-state index contributed by atoms with van der Waals surface area (Å²) in [5.41, 5.74) is 4.03. The molecule has 0 saturated carbocycles. The van der Waals surface area contributed by atoms with Crippen LogP contribution < -0.4 is 5.32 Å². The molecule has 0 aliphatic rings. The lowest BCUT2D eigenvalue weighted by atomic mass is 10.1. The quantitative estimate of drug-likeness (QED) is 0.854. The molecule has 0 bridgehead atoms. The van der Waals surface area contributed by atoms with Crippen LogP contribution in [0.2, 0.25) is 0 Å². The summed E-state index contributed by atoms with van der Waals surface area (Å²) in [5.74, 6) is -1.01. The standard InChI is InChI=1S/C19H24N2O3/c1-12(2)21-13(3)11-17(14(21)4)18(22)20-10-9-15-5-7-16(8-6-15)19(23)24/h5-8,11-12H,9-10H2,1-4H3,(H,20,22)(H,23,24). The predicted molar refractivity (Wildman–Crippen MR) is 93.7 cm³/mol. The zero-order valence-electron chi connectivity index (χ0n) is 14.6. The maximum absolute atomic E-state index is 12.4. The van der Waals surface area contributed by atoms with Crippen LogP contribution in [0.5, 0.6) is 0 Å². The minimum atomic E-state index is -0.935. The molecule has 1 aromatic carbocycles. The molecule has 2 aromatic rings. The number of hydrogen-bond acceptors (Lipinski definition) is 2. The summed E-state index contributed by atoms with van der Waals surface area (Å²) in [7, 11) is 0. The molecular weight excluding hydrogens is 304 g/mol. The van der Waals surface area contributed by atoms with Crippen molar-refractivity contribution in [2.24, 2.45) is 0 Å². The van der Waals surface area contributed by atoms with Crippen LogP contribution in [-0.4, -0.2) is 28.1 Å². The molecule has 0 saturated heterocycles. The number of rotatable bonds is 6. The van der Waals surface area contributed by atoms with Gasteiger partial charge in [0.1, 0.15) is 0 Å². The molecule has 128 valence electrons. The van der Waals surface area contributed by atoms with E-state index in [0.717, 1.165) is 17.0 Å². The van der Waals surface area contributed by atoms with E-state index >= 15 is 0 Å². The van der Waals surface area contributed by atoms with E-state index in [1.165, 1.54) is 0 Å². The first-order chi connectivity index (χ1) is 11.3. The monoisotopic (exact) mass is 328 g/mol. The average Bonchev–Trinajstić information content (AvgIpc) is 2.82. The molecule has 24 heavy (non-hydrogen) atoms. The SMILES string of the molecule is Cc1cc(C(=O)NCCc2ccc(C(=O)O)cc2)c(C)n1C(C)C. The molecule has 1 amide bonds. The highest BCUT2D eigenvalue weighted by Crippen LogP contribution is 2.20. The van der Waals surface area contributed by atoms with Crippen LogP contribution in [0, 0.1) is 13.8 Å². The van der Waals surface area contributed by atoms with Crippen molar-refractivity contribution in [2.75, 3.05) is 6.54 Å². The Kier molecular flexibility index (Phi) is 5.44. The van der Waals surface area contributed by atoms with Gasteiger partial charge in [-0.2, -0.15) is 0 Å². The second-order valence-corrected chi connectivity index (χ2v) is 6.26. The van der Waals surface area contributed by atoms with Crippen LogP contribution in [-0.2, 0) is 6.42 Å². The molecule has 5 heteroatoms. The van der Waals surface area contributed by atoms with E-state index < -0.39 is 5.97 Å². The van der Waals surface area contributed by atoms with Gasteiger partial charge in [-0.15, -0.1) is 0 Å². The zero-order valence-corrected chi connectivity index (χ0v) is 14.6. The van der Waals surface area contributed by atoms with Gasteiger partial charge >= 0.3 is 5.97 Å². The molecule has 0 radical (unpaired) electrons. The predicted octanol–water partition coefficient (Wildman–Crippen LogP) is 3.36. The second kappa shape index (κ2) is 7.34. The van der Waals surface area contributed by atoms with E-state index in [0.29, 0.717) is 24.6 Å². The van der Waals surface area contributed by atoms with Gasteiger partial charge in [-0.05, 0) is 57.9 Å². The number of carbonyl (C=O) groups is 2. The molecule has 0 fully saturated rings. The maximum Gasteiger partial charge on any atom is 0.335 e. The van der Waals surface area contributed by atoms with Crippen molar-refractivity contribution >= 4 is 11.9 Å². The Morgan fingerprint density at radius 2 is 1.79 bits per heavy atom. The Bertz CT molecular complexity index is 743. The third-order valence-corrected chi connectivity index (χ3v) is 4.15. The van der Waals surface area contributed by atoms with E-state index in [1.807, 2.05) is 19.9 Å². The Hall–Kier alpha value is -2.56. The molecule has 0 aliphatic carbocycles. The van der Waals surface area contributed by atoms with Gasteiger partial charge in [-0.3, -0.25) is 4.79 Å². The van der Waals surface area contributed by atoms with E-state index in [9.17, 15) is 9.59 Å². The van der Waals surface area contributed by atoms with Gasteiger partial charge in [0.2, 0.25) is 0 Å². The third-order valence-electron chi connectivity index (χ3n) is 4.15. The number of aromatic nitrogens is 1. The summed E-state index contributed by atoms with van der Waals surface area (Å²) >= 11 is 0. The molecule has 2 N–H and O–H groups in total. The number of nitrogens with one attached hydrogen (secondary N) is 1. The van der Waals surface area contributed by atoms with Crippen LogP contribution in [0.3, 0.4) is 0 Å². The molecule has 0 spiro atoms. The molecule has 5 nitrogen and oxygen atoms in total. The first-order valence-corrected chi connectivity index (χ1v) is 8.10. The molecule has 1 aromatic heterocycles.